The third-order valence-electron chi connectivity index (χ3n) is 4.45. The Morgan fingerprint density at radius 3 is 2.56 bits per heavy atom. The largest absolute Gasteiger partial charge is 0.465 e. The van der Waals surface area contributed by atoms with E-state index in [1.54, 1.807) is 33.8 Å². The highest BCUT2D eigenvalue weighted by Crippen LogP contribution is 2.31. The fraction of sp³-hybridized carbons (Fsp3) is 0.556. The first-order chi connectivity index (χ1) is 11.6. The fourth-order valence-corrected chi connectivity index (χ4v) is 3.22. The Kier molecular flexibility index (Phi) is 5.37. The van der Waals surface area contributed by atoms with Gasteiger partial charge >= 0.3 is 6.09 Å². The Morgan fingerprint density at radius 1 is 1.44 bits per heavy atom. The number of nitrogens with zero attached hydrogens (tertiary/aromatic N) is 2. The normalized spacial score (nSPS) is 19.2. The van der Waals surface area contributed by atoms with Crippen LogP contribution in [0.15, 0.2) is 18.2 Å². The minimum atomic E-state index is -1.17. The summed E-state index contributed by atoms with van der Waals surface area (Å²) >= 11 is 0. The third-order valence-corrected chi connectivity index (χ3v) is 4.45. The zero-order valence-corrected chi connectivity index (χ0v) is 15.0. The molecule has 1 aliphatic rings. The van der Waals surface area contributed by atoms with Gasteiger partial charge in [0.1, 0.15) is 11.9 Å². The van der Waals surface area contributed by atoms with Crippen molar-refractivity contribution in [2.24, 2.45) is 0 Å². The molecule has 7 heteroatoms. The highest BCUT2D eigenvalue weighted by molar-refractivity contribution is 6.01. The smallest absolute Gasteiger partial charge is 0.408 e. The lowest BCUT2D eigenvalue weighted by Crippen LogP contribution is -2.54. The highest BCUT2D eigenvalue weighted by atomic mass is 19.1. The second-order valence-corrected chi connectivity index (χ2v) is 7.25. The third kappa shape index (κ3) is 3.76. The lowest BCUT2D eigenvalue weighted by Gasteiger charge is -2.36. The van der Waals surface area contributed by atoms with Crippen LogP contribution in [0.25, 0.3) is 0 Å². The molecule has 0 saturated carbocycles. The first kappa shape index (κ1) is 19.2. The molecule has 0 bridgehead atoms. The molecule has 138 valence electrons. The number of carbonyl (C=O) groups is 2. The van der Waals surface area contributed by atoms with Gasteiger partial charge in [-0.1, -0.05) is 13.0 Å². The second kappa shape index (κ2) is 7.00. The van der Waals surface area contributed by atoms with Crippen LogP contribution >= 0.6 is 0 Å². The van der Waals surface area contributed by atoms with Gasteiger partial charge in [0.2, 0.25) is 5.91 Å². The number of hydrogen-bond donors (Lipinski definition) is 2. The lowest BCUT2D eigenvalue weighted by molar-refractivity contribution is -0.122. The molecule has 25 heavy (non-hydrogen) atoms. The maximum Gasteiger partial charge on any atom is 0.408 e. The molecule has 2 atom stereocenters. The SMILES string of the molecule is CCC(O)c1ccc(N2CC[C@H](N(C(=O)O)C(C)(C)C)C2=O)c(F)c1. The standard InChI is InChI=1S/C18H25FN2O4/c1-5-15(22)11-6-7-13(12(19)10-11)20-9-8-14(16(20)23)21(17(24)25)18(2,3)4/h6-7,10,14-15,22H,5,8-9H2,1-4H3,(H,24,25)/t14-,15?/m0/s1. The molecule has 1 unspecified atom stereocenters. The van der Waals surface area contributed by atoms with Crippen molar-refractivity contribution in [3.8, 4) is 0 Å². The molecule has 6 nitrogen and oxygen atoms in total. The van der Waals surface area contributed by atoms with Crippen LogP contribution in [0.4, 0.5) is 14.9 Å². The molecule has 0 spiro atoms. The van der Waals surface area contributed by atoms with Gasteiger partial charge in [-0.15, -0.1) is 0 Å². The van der Waals surface area contributed by atoms with E-state index >= 15 is 0 Å². The molecule has 1 fully saturated rings. The molecule has 1 aromatic carbocycles. The van der Waals surface area contributed by atoms with E-state index in [1.807, 2.05) is 0 Å². The number of halogens is 1. The van der Waals surface area contributed by atoms with Gasteiger partial charge in [-0.3, -0.25) is 9.69 Å². The number of rotatable bonds is 4. The summed E-state index contributed by atoms with van der Waals surface area (Å²) in [5.74, 6) is -1.03. The summed E-state index contributed by atoms with van der Waals surface area (Å²) in [6, 6.07) is 3.44. The van der Waals surface area contributed by atoms with Crippen molar-refractivity contribution in [1.29, 1.82) is 0 Å². The van der Waals surface area contributed by atoms with Gasteiger partial charge in [0.05, 0.1) is 11.8 Å². The summed E-state index contributed by atoms with van der Waals surface area (Å²) in [6.45, 7) is 7.20. The zero-order valence-electron chi connectivity index (χ0n) is 15.0. The first-order valence-corrected chi connectivity index (χ1v) is 8.39. The van der Waals surface area contributed by atoms with Gasteiger partial charge in [0.15, 0.2) is 0 Å². The number of carboxylic acid groups (broad SMARTS) is 1. The van der Waals surface area contributed by atoms with E-state index in [1.165, 1.54) is 17.0 Å². The zero-order chi connectivity index (χ0) is 18.9. The molecular weight excluding hydrogens is 327 g/mol. The molecule has 2 amide bonds. The molecule has 0 radical (unpaired) electrons. The van der Waals surface area contributed by atoms with E-state index < -0.39 is 35.5 Å². The van der Waals surface area contributed by atoms with E-state index in [9.17, 15) is 24.2 Å². The predicted octanol–water partition coefficient (Wildman–Crippen LogP) is 3.15. The van der Waals surface area contributed by atoms with Gasteiger partial charge in [0.25, 0.3) is 0 Å². The van der Waals surface area contributed by atoms with Crippen molar-refractivity contribution in [2.45, 2.75) is 58.2 Å². The number of aliphatic hydroxyl groups is 1. The van der Waals surface area contributed by atoms with Crippen molar-refractivity contribution in [1.82, 2.24) is 4.90 Å². The Balaban J connectivity index is 2.29. The molecule has 1 heterocycles. The van der Waals surface area contributed by atoms with Crippen LogP contribution in [0.2, 0.25) is 0 Å². The van der Waals surface area contributed by atoms with Gasteiger partial charge < -0.3 is 15.1 Å². The molecule has 1 aliphatic heterocycles. The van der Waals surface area contributed by atoms with Crippen LogP contribution in [0.3, 0.4) is 0 Å². The maximum absolute atomic E-state index is 14.5. The minimum Gasteiger partial charge on any atom is -0.465 e. The molecule has 2 N–H and O–H groups in total. The average molecular weight is 352 g/mol. The van der Waals surface area contributed by atoms with Crippen molar-refractivity contribution in [3.05, 3.63) is 29.6 Å². The van der Waals surface area contributed by atoms with Crippen molar-refractivity contribution in [3.63, 3.8) is 0 Å². The average Bonchev–Trinajstić information content (AvgIpc) is 2.86. The van der Waals surface area contributed by atoms with Crippen LogP contribution in [0.1, 0.15) is 52.2 Å². The number of amides is 2. The van der Waals surface area contributed by atoms with E-state index in [2.05, 4.69) is 0 Å². The second-order valence-electron chi connectivity index (χ2n) is 7.25. The first-order valence-electron chi connectivity index (χ1n) is 8.39. The van der Waals surface area contributed by atoms with Crippen LogP contribution in [-0.2, 0) is 4.79 Å². The molecule has 0 aromatic heterocycles. The number of hydrogen-bond acceptors (Lipinski definition) is 3. The van der Waals surface area contributed by atoms with Crippen LogP contribution in [0.5, 0.6) is 0 Å². The molecular formula is C18H25FN2O4. The van der Waals surface area contributed by atoms with Crippen molar-refractivity contribution < 1.29 is 24.2 Å². The topological polar surface area (TPSA) is 81.1 Å². The minimum absolute atomic E-state index is 0.110. The lowest BCUT2D eigenvalue weighted by atomic mass is 10.0. The van der Waals surface area contributed by atoms with Gasteiger partial charge in [0, 0.05) is 12.1 Å². The quantitative estimate of drug-likeness (QED) is 0.872. The van der Waals surface area contributed by atoms with E-state index in [0.717, 1.165) is 4.90 Å². The summed E-state index contributed by atoms with van der Waals surface area (Å²) < 4.78 is 14.5. The summed E-state index contributed by atoms with van der Waals surface area (Å²) in [5, 5.41) is 19.3. The van der Waals surface area contributed by atoms with Crippen molar-refractivity contribution in [2.75, 3.05) is 11.4 Å². The van der Waals surface area contributed by atoms with E-state index in [4.69, 9.17) is 0 Å². The van der Waals surface area contributed by atoms with Gasteiger partial charge in [-0.25, -0.2) is 9.18 Å². The van der Waals surface area contributed by atoms with Gasteiger partial charge in [-0.05, 0) is 51.3 Å². The Hall–Kier alpha value is -2.15. The summed E-state index contributed by atoms with van der Waals surface area (Å²) in [6.07, 6.45) is -1.16. The molecule has 1 aromatic rings. The van der Waals surface area contributed by atoms with Crippen LogP contribution < -0.4 is 4.90 Å². The Morgan fingerprint density at radius 2 is 2.08 bits per heavy atom. The maximum atomic E-state index is 14.5. The Labute approximate surface area is 146 Å². The molecule has 1 saturated heterocycles. The fourth-order valence-electron chi connectivity index (χ4n) is 3.22. The molecule has 2 rings (SSSR count). The number of carbonyl (C=O) groups excluding carboxylic acids is 1. The van der Waals surface area contributed by atoms with E-state index in [-0.39, 0.29) is 12.2 Å². The monoisotopic (exact) mass is 352 g/mol. The van der Waals surface area contributed by atoms with Crippen LogP contribution in [-0.4, -0.2) is 45.2 Å². The van der Waals surface area contributed by atoms with Gasteiger partial charge in [-0.2, -0.15) is 0 Å². The van der Waals surface area contributed by atoms with Crippen molar-refractivity contribution >= 4 is 17.7 Å². The summed E-state index contributed by atoms with van der Waals surface area (Å²) in [7, 11) is 0. The number of benzene rings is 1. The molecule has 0 aliphatic carbocycles. The van der Waals surface area contributed by atoms with Crippen LogP contribution in [0, 0.1) is 5.82 Å². The summed E-state index contributed by atoms with van der Waals surface area (Å²) in [5.41, 5.74) is -0.178. The number of anilines is 1. The number of aliphatic hydroxyl groups excluding tert-OH is 1. The Bertz CT molecular complexity index is 672. The van der Waals surface area contributed by atoms with E-state index in [0.29, 0.717) is 18.4 Å². The highest BCUT2D eigenvalue weighted by Gasteiger charge is 2.43. The summed E-state index contributed by atoms with van der Waals surface area (Å²) in [4.78, 5) is 26.7. The predicted molar refractivity (Wildman–Crippen MR) is 92.0 cm³/mol.